The first-order valence-electron chi connectivity index (χ1n) is 6.55. The van der Waals surface area contributed by atoms with Gasteiger partial charge in [-0.2, -0.15) is 0 Å². The summed E-state index contributed by atoms with van der Waals surface area (Å²) < 4.78 is 9.53. The number of carbonyl (C=O) groups is 3. The lowest BCUT2D eigenvalue weighted by atomic mass is 10.2. The summed E-state index contributed by atoms with van der Waals surface area (Å²) in [7, 11) is 1.22. The second-order valence-electron chi connectivity index (χ2n) is 4.08. The molecular formula is C14H18N2O6. The topological polar surface area (TPSA) is 114 Å². The van der Waals surface area contributed by atoms with Crippen LogP contribution in [0.1, 0.15) is 10.4 Å². The molecule has 1 aromatic rings. The van der Waals surface area contributed by atoms with Crippen LogP contribution in [0.2, 0.25) is 0 Å². The van der Waals surface area contributed by atoms with Gasteiger partial charge in [-0.25, -0.2) is 4.79 Å². The molecule has 0 spiro atoms. The summed E-state index contributed by atoms with van der Waals surface area (Å²) in [6.07, 6.45) is 0. The predicted octanol–water partition coefficient (Wildman–Crippen LogP) is -0.463. The van der Waals surface area contributed by atoms with Crippen molar-refractivity contribution in [2.24, 2.45) is 0 Å². The van der Waals surface area contributed by atoms with E-state index in [1.54, 1.807) is 12.1 Å². The average molecular weight is 310 g/mol. The SMILES string of the molecule is COC(=O)c1ccccc1NC(=O)C(=O)NCCOCCO. The van der Waals surface area contributed by atoms with E-state index in [0.717, 1.165) is 0 Å². The van der Waals surface area contributed by atoms with Crippen LogP contribution in [0, 0.1) is 0 Å². The van der Waals surface area contributed by atoms with Gasteiger partial charge in [0.05, 0.1) is 38.2 Å². The van der Waals surface area contributed by atoms with Crippen molar-refractivity contribution in [3.05, 3.63) is 29.8 Å². The van der Waals surface area contributed by atoms with Crippen molar-refractivity contribution < 1.29 is 29.0 Å². The third-order valence-electron chi connectivity index (χ3n) is 2.55. The highest BCUT2D eigenvalue weighted by molar-refractivity contribution is 6.40. The third kappa shape index (κ3) is 5.51. The van der Waals surface area contributed by atoms with Gasteiger partial charge in [0.2, 0.25) is 0 Å². The largest absolute Gasteiger partial charge is 0.465 e. The number of aliphatic hydroxyl groups is 1. The molecule has 0 aromatic heterocycles. The molecule has 0 fully saturated rings. The zero-order valence-electron chi connectivity index (χ0n) is 12.1. The molecule has 0 saturated carbocycles. The number of nitrogens with one attached hydrogen (secondary N) is 2. The number of benzene rings is 1. The highest BCUT2D eigenvalue weighted by atomic mass is 16.5. The highest BCUT2D eigenvalue weighted by Crippen LogP contribution is 2.15. The normalized spacial score (nSPS) is 9.91. The molecule has 8 heteroatoms. The Morgan fingerprint density at radius 2 is 1.86 bits per heavy atom. The maximum Gasteiger partial charge on any atom is 0.339 e. The van der Waals surface area contributed by atoms with E-state index in [-0.39, 0.29) is 37.6 Å². The van der Waals surface area contributed by atoms with Crippen molar-refractivity contribution in [3.63, 3.8) is 0 Å². The number of rotatable bonds is 7. The molecule has 1 rings (SSSR count). The Morgan fingerprint density at radius 1 is 1.14 bits per heavy atom. The molecule has 22 heavy (non-hydrogen) atoms. The smallest absolute Gasteiger partial charge is 0.339 e. The summed E-state index contributed by atoms with van der Waals surface area (Å²) in [5.41, 5.74) is 0.337. The molecule has 0 bridgehead atoms. The number of aliphatic hydroxyl groups excluding tert-OH is 1. The van der Waals surface area contributed by atoms with Gasteiger partial charge in [0.25, 0.3) is 0 Å². The van der Waals surface area contributed by atoms with Crippen LogP contribution >= 0.6 is 0 Å². The van der Waals surface area contributed by atoms with Crippen molar-refractivity contribution >= 4 is 23.5 Å². The molecule has 0 aliphatic heterocycles. The molecule has 0 radical (unpaired) electrons. The molecule has 0 unspecified atom stereocenters. The Hall–Kier alpha value is -2.45. The first-order valence-corrected chi connectivity index (χ1v) is 6.55. The predicted molar refractivity (Wildman–Crippen MR) is 77.3 cm³/mol. The third-order valence-corrected chi connectivity index (χ3v) is 2.55. The molecule has 1 aromatic carbocycles. The van der Waals surface area contributed by atoms with Gasteiger partial charge in [0.1, 0.15) is 0 Å². The second kappa shape index (κ2) is 9.48. The summed E-state index contributed by atoms with van der Waals surface area (Å²) in [5.74, 6) is -2.38. The minimum absolute atomic E-state index is 0.112. The second-order valence-corrected chi connectivity index (χ2v) is 4.08. The summed E-state index contributed by atoms with van der Waals surface area (Å²) in [4.78, 5) is 34.9. The number of hydrogen-bond acceptors (Lipinski definition) is 6. The number of esters is 1. The molecule has 0 atom stereocenters. The van der Waals surface area contributed by atoms with E-state index in [1.807, 2.05) is 0 Å². The van der Waals surface area contributed by atoms with Crippen LogP contribution in [0.4, 0.5) is 5.69 Å². The van der Waals surface area contributed by atoms with Crippen LogP contribution in [-0.4, -0.2) is 56.4 Å². The van der Waals surface area contributed by atoms with Gasteiger partial charge in [-0.05, 0) is 12.1 Å². The molecule has 2 amide bonds. The average Bonchev–Trinajstić information content (AvgIpc) is 2.54. The van der Waals surface area contributed by atoms with E-state index >= 15 is 0 Å². The highest BCUT2D eigenvalue weighted by Gasteiger charge is 2.17. The van der Waals surface area contributed by atoms with Gasteiger partial charge >= 0.3 is 17.8 Å². The Morgan fingerprint density at radius 3 is 2.55 bits per heavy atom. The Labute approximate surface area is 127 Å². The van der Waals surface area contributed by atoms with Crippen LogP contribution in [0.25, 0.3) is 0 Å². The summed E-state index contributed by atoms with van der Waals surface area (Å²) >= 11 is 0. The Bertz CT molecular complexity index is 532. The van der Waals surface area contributed by atoms with Gasteiger partial charge < -0.3 is 25.2 Å². The van der Waals surface area contributed by atoms with Crippen LogP contribution in [-0.2, 0) is 19.1 Å². The number of hydrogen-bond donors (Lipinski definition) is 3. The van der Waals surface area contributed by atoms with E-state index in [1.165, 1.54) is 19.2 Å². The molecule has 0 saturated heterocycles. The molecule has 0 aliphatic rings. The van der Waals surface area contributed by atoms with Gasteiger partial charge in [-0.15, -0.1) is 0 Å². The maximum atomic E-state index is 11.7. The Kier molecular flexibility index (Phi) is 7.58. The summed E-state index contributed by atoms with van der Waals surface area (Å²) in [6.45, 7) is 0.358. The Balaban J connectivity index is 2.54. The van der Waals surface area contributed by atoms with Crippen molar-refractivity contribution in [1.29, 1.82) is 0 Å². The number of para-hydroxylation sites is 1. The van der Waals surface area contributed by atoms with Crippen molar-refractivity contribution in [1.82, 2.24) is 5.32 Å². The first kappa shape index (κ1) is 17.6. The standard InChI is InChI=1S/C14H18N2O6/c1-21-14(20)10-4-2-3-5-11(10)16-13(19)12(18)15-6-8-22-9-7-17/h2-5,17H,6-9H2,1H3,(H,15,18)(H,16,19). The minimum Gasteiger partial charge on any atom is -0.465 e. The number of methoxy groups -OCH3 is 1. The van der Waals surface area contributed by atoms with E-state index in [2.05, 4.69) is 15.4 Å². The van der Waals surface area contributed by atoms with Gasteiger partial charge in [-0.3, -0.25) is 9.59 Å². The molecular weight excluding hydrogens is 292 g/mol. The van der Waals surface area contributed by atoms with Gasteiger partial charge in [0.15, 0.2) is 0 Å². The molecule has 0 aliphatic carbocycles. The van der Waals surface area contributed by atoms with Crippen molar-refractivity contribution in [2.45, 2.75) is 0 Å². The monoisotopic (exact) mass is 310 g/mol. The van der Waals surface area contributed by atoms with Gasteiger partial charge in [-0.1, -0.05) is 12.1 Å². The lowest BCUT2D eigenvalue weighted by Crippen LogP contribution is -2.37. The number of carbonyl (C=O) groups excluding carboxylic acids is 3. The summed E-state index contributed by atoms with van der Waals surface area (Å²) in [6, 6.07) is 6.19. The first-order chi connectivity index (χ1) is 10.6. The number of amides is 2. The summed E-state index contributed by atoms with van der Waals surface area (Å²) in [5, 5.41) is 13.2. The maximum absolute atomic E-state index is 11.7. The van der Waals surface area contributed by atoms with Crippen LogP contribution in [0.5, 0.6) is 0 Å². The fraction of sp³-hybridized carbons (Fsp3) is 0.357. The minimum atomic E-state index is -0.904. The van der Waals surface area contributed by atoms with Crippen molar-refractivity contribution in [2.75, 3.05) is 38.8 Å². The fourth-order valence-electron chi connectivity index (χ4n) is 1.54. The number of ether oxygens (including phenoxy) is 2. The lowest BCUT2D eigenvalue weighted by molar-refractivity contribution is -0.136. The number of anilines is 1. The lowest BCUT2D eigenvalue weighted by Gasteiger charge is -2.09. The van der Waals surface area contributed by atoms with E-state index < -0.39 is 17.8 Å². The fourth-order valence-corrected chi connectivity index (χ4v) is 1.54. The zero-order chi connectivity index (χ0) is 16.4. The van der Waals surface area contributed by atoms with Gasteiger partial charge in [0, 0.05) is 6.54 Å². The molecule has 0 heterocycles. The van der Waals surface area contributed by atoms with Crippen LogP contribution in [0.3, 0.4) is 0 Å². The van der Waals surface area contributed by atoms with Crippen LogP contribution < -0.4 is 10.6 Å². The van der Waals surface area contributed by atoms with E-state index in [0.29, 0.717) is 0 Å². The molecule has 3 N–H and O–H groups in total. The molecule has 120 valence electrons. The molecule has 8 nitrogen and oxygen atoms in total. The van der Waals surface area contributed by atoms with Crippen molar-refractivity contribution in [3.8, 4) is 0 Å². The zero-order valence-corrected chi connectivity index (χ0v) is 12.1. The van der Waals surface area contributed by atoms with E-state index in [9.17, 15) is 14.4 Å². The van der Waals surface area contributed by atoms with E-state index in [4.69, 9.17) is 9.84 Å². The quantitative estimate of drug-likeness (QED) is 0.357. The van der Waals surface area contributed by atoms with Crippen LogP contribution in [0.15, 0.2) is 24.3 Å².